The maximum atomic E-state index is 10.1. The second-order valence-electron chi connectivity index (χ2n) is 5.74. The standard InChI is InChI=1S/C17H18N4O/c22-15-8-4-7-13(15)19-17-11-14(12-5-2-1-3-6-12)20-16-9-10-18-21(16)17/h1-3,5-6,9-11,13,15,19,22H,4,7-8H2/t13-,15+/m0/s1. The van der Waals surface area contributed by atoms with Gasteiger partial charge in [0.2, 0.25) is 0 Å². The second-order valence-corrected chi connectivity index (χ2v) is 5.74. The molecule has 0 spiro atoms. The molecule has 0 bridgehead atoms. The van der Waals surface area contributed by atoms with Crippen molar-refractivity contribution in [1.82, 2.24) is 14.6 Å². The van der Waals surface area contributed by atoms with Gasteiger partial charge in [0.05, 0.1) is 24.0 Å². The van der Waals surface area contributed by atoms with Gasteiger partial charge in [0.25, 0.3) is 0 Å². The van der Waals surface area contributed by atoms with Gasteiger partial charge in [-0.2, -0.15) is 9.61 Å². The number of rotatable bonds is 3. The molecule has 112 valence electrons. The van der Waals surface area contributed by atoms with Gasteiger partial charge in [-0.1, -0.05) is 30.3 Å². The third kappa shape index (κ3) is 2.33. The van der Waals surface area contributed by atoms with Crippen molar-refractivity contribution in [3.8, 4) is 11.3 Å². The molecule has 0 aliphatic heterocycles. The Labute approximate surface area is 128 Å². The van der Waals surface area contributed by atoms with E-state index >= 15 is 0 Å². The van der Waals surface area contributed by atoms with E-state index in [1.807, 2.05) is 42.5 Å². The molecule has 1 saturated carbocycles. The lowest BCUT2D eigenvalue weighted by Crippen LogP contribution is -2.29. The summed E-state index contributed by atoms with van der Waals surface area (Å²) in [5.74, 6) is 0.875. The zero-order valence-electron chi connectivity index (χ0n) is 12.2. The normalized spacial score (nSPS) is 21.3. The van der Waals surface area contributed by atoms with Crippen LogP contribution in [-0.4, -0.2) is 31.9 Å². The fourth-order valence-corrected chi connectivity index (χ4v) is 3.07. The average molecular weight is 294 g/mol. The predicted molar refractivity (Wildman–Crippen MR) is 85.7 cm³/mol. The minimum absolute atomic E-state index is 0.0819. The topological polar surface area (TPSA) is 62.5 Å². The third-order valence-corrected chi connectivity index (χ3v) is 4.24. The molecule has 0 amide bonds. The van der Waals surface area contributed by atoms with Gasteiger partial charge in [0.1, 0.15) is 5.82 Å². The largest absolute Gasteiger partial charge is 0.391 e. The minimum Gasteiger partial charge on any atom is -0.391 e. The molecule has 1 aliphatic carbocycles. The Morgan fingerprint density at radius 1 is 1.14 bits per heavy atom. The first-order valence-electron chi connectivity index (χ1n) is 7.66. The number of benzene rings is 1. The number of hydrogen-bond donors (Lipinski definition) is 2. The third-order valence-electron chi connectivity index (χ3n) is 4.24. The molecule has 1 fully saturated rings. The molecule has 5 heteroatoms. The van der Waals surface area contributed by atoms with Crippen molar-refractivity contribution in [3.63, 3.8) is 0 Å². The van der Waals surface area contributed by atoms with Crippen molar-refractivity contribution >= 4 is 11.5 Å². The smallest absolute Gasteiger partial charge is 0.157 e. The van der Waals surface area contributed by atoms with Crippen LogP contribution < -0.4 is 5.32 Å². The first kappa shape index (κ1) is 13.3. The molecule has 1 aromatic carbocycles. The van der Waals surface area contributed by atoms with Gasteiger partial charge in [-0.25, -0.2) is 4.98 Å². The van der Waals surface area contributed by atoms with Crippen molar-refractivity contribution in [3.05, 3.63) is 48.7 Å². The Balaban J connectivity index is 1.77. The number of aromatic nitrogens is 3. The number of fused-ring (bicyclic) bond motifs is 1. The Hall–Kier alpha value is -2.40. The van der Waals surface area contributed by atoms with E-state index in [1.54, 1.807) is 10.7 Å². The van der Waals surface area contributed by atoms with E-state index in [2.05, 4.69) is 15.4 Å². The highest BCUT2D eigenvalue weighted by Crippen LogP contribution is 2.26. The summed E-state index contributed by atoms with van der Waals surface area (Å²) in [5, 5.41) is 17.8. The number of aliphatic hydroxyl groups is 1. The fourth-order valence-electron chi connectivity index (χ4n) is 3.07. The lowest BCUT2D eigenvalue weighted by molar-refractivity contribution is 0.171. The van der Waals surface area contributed by atoms with Crippen LogP contribution in [0, 0.1) is 0 Å². The highest BCUT2D eigenvalue weighted by atomic mass is 16.3. The first-order chi connectivity index (χ1) is 10.8. The summed E-state index contributed by atoms with van der Waals surface area (Å²) >= 11 is 0. The van der Waals surface area contributed by atoms with Crippen molar-refractivity contribution in [2.45, 2.75) is 31.4 Å². The maximum absolute atomic E-state index is 10.1. The molecular formula is C17H18N4O. The van der Waals surface area contributed by atoms with Crippen molar-refractivity contribution in [2.24, 2.45) is 0 Å². The maximum Gasteiger partial charge on any atom is 0.157 e. The van der Waals surface area contributed by atoms with Crippen LogP contribution >= 0.6 is 0 Å². The van der Waals surface area contributed by atoms with Crippen LogP contribution in [0.3, 0.4) is 0 Å². The number of aliphatic hydroxyl groups excluding tert-OH is 1. The summed E-state index contributed by atoms with van der Waals surface area (Å²) in [6.07, 6.45) is 4.34. The van der Waals surface area contributed by atoms with Gasteiger partial charge in [-0.3, -0.25) is 0 Å². The monoisotopic (exact) mass is 294 g/mol. The molecule has 2 N–H and O–H groups in total. The average Bonchev–Trinajstić information content (AvgIpc) is 3.17. The van der Waals surface area contributed by atoms with E-state index in [4.69, 9.17) is 0 Å². The van der Waals surface area contributed by atoms with Crippen molar-refractivity contribution in [2.75, 3.05) is 5.32 Å². The molecule has 0 radical (unpaired) electrons. The van der Waals surface area contributed by atoms with E-state index < -0.39 is 0 Å². The molecule has 3 aromatic rings. The van der Waals surface area contributed by atoms with Crippen LogP contribution in [0.25, 0.3) is 16.9 Å². The Bertz CT molecular complexity index is 784. The molecule has 22 heavy (non-hydrogen) atoms. The van der Waals surface area contributed by atoms with Gasteiger partial charge in [0.15, 0.2) is 5.65 Å². The first-order valence-corrected chi connectivity index (χ1v) is 7.66. The van der Waals surface area contributed by atoms with Crippen molar-refractivity contribution in [1.29, 1.82) is 0 Å². The van der Waals surface area contributed by atoms with Crippen molar-refractivity contribution < 1.29 is 5.11 Å². The van der Waals surface area contributed by atoms with Crippen LogP contribution in [0.15, 0.2) is 48.7 Å². The summed E-state index contributed by atoms with van der Waals surface area (Å²) < 4.78 is 1.79. The summed E-state index contributed by atoms with van der Waals surface area (Å²) in [6, 6.07) is 14.1. The van der Waals surface area contributed by atoms with Crippen LogP contribution in [-0.2, 0) is 0 Å². The summed E-state index contributed by atoms with van der Waals surface area (Å²) in [4.78, 5) is 4.66. The summed E-state index contributed by atoms with van der Waals surface area (Å²) in [5.41, 5.74) is 2.78. The van der Waals surface area contributed by atoms with Gasteiger partial charge >= 0.3 is 0 Å². The van der Waals surface area contributed by atoms with Gasteiger partial charge < -0.3 is 10.4 Å². The highest BCUT2D eigenvalue weighted by Gasteiger charge is 2.25. The van der Waals surface area contributed by atoms with E-state index in [0.717, 1.165) is 42.0 Å². The van der Waals surface area contributed by atoms with Gasteiger partial charge in [-0.05, 0) is 19.3 Å². The molecular weight excluding hydrogens is 276 g/mol. The molecule has 0 unspecified atom stereocenters. The van der Waals surface area contributed by atoms with Crippen LogP contribution in [0.4, 0.5) is 5.82 Å². The highest BCUT2D eigenvalue weighted by molar-refractivity contribution is 5.66. The van der Waals surface area contributed by atoms with Gasteiger partial charge in [0, 0.05) is 17.7 Å². The number of hydrogen-bond acceptors (Lipinski definition) is 4. The molecule has 5 nitrogen and oxygen atoms in total. The van der Waals surface area contributed by atoms with E-state index in [9.17, 15) is 5.11 Å². The van der Waals surface area contributed by atoms with Gasteiger partial charge in [-0.15, -0.1) is 0 Å². The Morgan fingerprint density at radius 3 is 2.77 bits per heavy atom. The number of nitrogens with one attached hydrogen (secondary N) is 1. The molecule has 2 heterocycles. The van der Waals surface area contributed by atoms with Crippen LogP contribution in [0.2, 0.25) is 0 Å². The summed E-state index contributed by atoms with van der Waals surface area (Å²) in [6.45, 7) is 0. The SMILES string of the molecule is O[C@@H]1CCC[C@@H]1Nc1cc(-c2ccccc2)nc2ccnn12. The second kappa shape index (κ2) is 5.42. The predicted octanol–water partition coefficient (Wildman–Crippen LogP) is 2.72. The number of anilines is 1. The zero-order chi connectivity index (χ0) is 14.9. The number of nitrogens with zero attached hydrogens (tertiary/aromatic N) is 3. The quantitative estimate of drug-likeness (QED) is 0.779. The molecule has 1 aliphatic rings. The van der Waals surface area contributed by atoms with E-state index in [0.29, 0.717) is 0 Å². The lowest BCUT2D eigenvalue weighted by atomic mass is 10.1. The molecule has 2 aromatic heterocycles. The zero-order valence-corrected chi connectivity index (χ0v) is 12.2. The Kier molecular flexibility index (Phi) is 3.27. The van der Waals surface area contributed by atoms with E-state index in [1.165, 1.54) is 0 Å². The molecule has 0 saturated heterocycles. The molecule has 4 rings (SSSR count). The minimum atomic E-state index is -0.293. The lowest BCUT2D eigenvalue weighted by Gasteiger charge is -2.19. The fraction of sp³-hybridized carbons (Fsp3) is 0.294. The molecule has 2 atom stereocenters. The van der Waals surface area contributed by atoms with Crippen LogP contribution in [0.5, 0.6) is 0 Å². The van der Waals surface area contributed by atoms with Crippen LogP contribution in [0.1, 0.15) is 19.3 Å². The Morgan fingerprint density at radius 2 is 2.00 bits per heavy atom. The summed E-state index contributed by atoms with van der Waals surface area (Å²) in [7, 11) is 0. The van der Waals surface area contributed by atoms with E-state index in [-0.39, 0.29) is 12.1 Å².